The molecule has 4 atom stereocenters. The SMILES string of the molecule is CCO.CCn1cc(C[C@@H](NC(=O)C(C)(C)N)C(=O)NC2Cc3cccc(N4CCCC4=O)c3N(Cc3ccsc3)C2=O)c2ccccc21.CCn1cc(C[C@@H](NC(=O)C(C)(C)NC(=O)OC(C)(C)C)C(=O)NC2Cc3cccc(N4CCCC4=O)c3N(Cc3ccsc3)C2=O)c2ccccc21. The van der Waals surface area contributed by atoms with E-state index < -0.39 is 70.6 Å². The molecule has 8 aromatic rings. The Morgan fingerprint density at radius 3 is 1.38 bits per heavy atom. The third-order valence-electron chi connectivity index (χ3n) is 18.4. The molecule has 12 rings (SSSR count). The number of amides is 9. The van der Waals surface area contributed by atoms with E-state index in [0.29, 0.717) is 56.1 Å². The summed E-state index contributed by atoms with van der Waals surface area (Å²) in [7, 11) is 0. The Morgan fingerprint density at radius 2 is 1.01 bits per heavy atom. The molecule has 4 aromatic carbocycles. The number of rotatable bonds is 21. The maximum Gasteiger partial charge on any atom is 0.408 e. The second-order valence-corrected chi connectivity index (χ2v) is 29.7. The van der Waals surface area contributed by atoms with Crippen LogP contribution in [0, 0.1) is 0 Å². The fourth-order valence-corrected chi connectivity index (χ4v) is 14.7. The van der Waals surface area contributed by atoms with Crippen LogP contribution in [0.25, 0.3) is 21.8 Å². The summed E-state index contributed by atoms with van der Waals surface area (Å²) in [6.07, 6.45) is 6.48. The summed E-state index contributed by atoms with van der Waals surface area (Å²) >= 11 is 3.07. The predicted molar refractivity (Wildman–Crippen MR) is 399 cm³/mol. The molecule has 8 heterocycles. The van der Waals surface area contributed by atoms with Crippen LogP contribution in [-0.2, 0) is 95.0 Å². The van der Waals surface area contributed by atoms with Crippen molar-refractivity contribution < 1.29 is 53.0 Å². The zero-order valence-corrected chi connectivity index (χ0v) is 61.4. The average molecular weight is 1430 g/mol. The number of nitrogens with one attached hydrogen (secondary N) is 5. The van der Waals surface area contributed by atoms with E-state index in [2.05, 4.69) is 42.6 Å². The van der Waals surface area contributed by atoms with E-state index in [1.54, 1.807) is 72.5 Å². The number of ether oxygens (including phenoxy) is 1. The zero-order chi connectivity index (χ0) is 73.4. The van der Waals surface area contributed by atoms with Crippen LogP contribution < -0.4 is 51.9 Å². The van der Waals surface area contributed by atoms with Crippen LogP contribution in [0.5, 0.6) is 0 Å². The molecule has 23 nitrogen and oxygen atoms in total. The van der Waals surface area contributed by atoms with Crippen LogP contribution in [0.3, 0.4) is 0 Å². The van der Waals surface area contributed by atoms with Crippen LogP contribution in [0.4, 0.5) is 27.5 Å². The second-order valence-electron chi connectivity index (χ2n) is 28.2. The molecule has 25 heteroatoms. The van der Waals surface area contributed by atoms with Gasteiger partial charge in [-0.25, -0.2) is 4.79 Å². The highest BCUT2D eigenvalue weighted by molar-refractivity contribution is 7.08. The Labute approximate surface area is 603 Å². The number of thiophene rings is 2. The first-order valence-electron chi connectivity index (χ1n) is 34.9. The van der Waals surface area contributed by atoms with Gasteiger partial charge in [0.05, 0.1) is 41.4 Å². The number of aliphatic hydroxyl groups excluding tert-OH is 1. The van der Waals surface area contributed by atoms with E-state index in [-0.39, 0.29) is 62.5 Å². The number of benzene rings is 4. The summed E-state index contributed by atoms with van der Waals surface area (Å²) in [5.74, 6) is -2.58. The van der Waals surface area contributed by atoms with E-state index >= 15 is 0 Å². The number of hydrogen-bond acceptors (Lipinski definition) is 14. The number of nitrogens with two attached hydrogens (primary N) is 1. The molecule has 0 bridgehead atoms. The highest BCUT2D eigenvalue weighted by Crippen LogP contribution is 2.42. The number of para-hydroxylation sites is 4. The van der Waals surface area contributed by atoms with E-state index in [9.17, 15) is 43.2 Å². The molecule has 4 aliphatic heterocycles. The van der Waals surface area contributed by atoms with Crippen LogP contribution >= 0.6 is 22.7 Å². The van der Waals surface area contributed by atoms with Crippen molar-refractivity contribution in [3.05, 3.63) is 164 Å². The number of fused-ring (bicyclic) bond motifs is 4. The third kappa shape index (κ3) is 17.3. The normalized spacial score (nSPS) is 16.7. The van der Waals surface area contributed by atoms with E-state index in [1.807, 2.05) is 138 Å². The number of aryl methyl sites for hydroxylation is 2. The van der Waals surface area contributed by atoms with Crippen molar-refractivity contribution >= 4 is 121 Å². The minimum absolute atomic E-state index is 0.0175. The molecule has 0 radical (unpaired) electrons. The van der Waals surface area contributed by atoms with Crippen LogP contribution in [0.1, 0.15) is 128 Å². The number of carbonyl (C=O) groups is 9. The highest BCUT2D eigenvalue weighted by Gasteiger charge is 2.43. The molecule has 8 N–H and O–H groups in total. The first kappa shape index (κ1) is 75.0. The van der Waals surface area contributed by atoms with Crippen LogP contribution in [-0.4, -0.2) is 128 Å². The molecule has 9 amide bonds. The quantitative estimate of drug-likeness (QED) is 0.0354. The molecule has 4 aliphatic rings. The molecule has 540 valence electrons. The molecule has 2 saturated heterocycles. The zero-order valence-electron chi connectivity index (χ0n) is 59.7. The fraction of sp³-hybridized carbons (Fsp3) is 0.416. The Balaban J connectivity index is 0.000000213. The van der Waals surface area contributed by atoms with Gasteiger partial charge in [0.25, 0.3) is 0 Å². The van der Waals surface area contributed by atoms with Crippen molar-refractivity contribution in [3.8, 4) is 0 Å². The lowest BCUT2D eigenvalue weighted by Gasteiger charge is -2.37. The van der Waals surface area contributed by atoms with Gasteiger partial charge in [-0.05, 0) is 173 Å². The van der Waals surface area contributed by atoms with Gasteiger partial charge in [-0.15, -0.1) is 0 Å². The summed E-state index contributed by atoms with van der Waals surface area (Å²) in [5.41, 5.74) is 12.9. The summed E-state index contributed by atoms with van der Waals surface area (Å²) in [5, 5.41) is 31.8. The van der Waals surface area contributed by atoms with Crippen molar-refractivity contribution in [2.75, 3.05) is 39.3 Å². The Kier molecular flexibility index (Phi) is 23.6. The van der Waals surface area contributed by atoms with E-state index in [1.165, 1.54) is 25.2 Å². The minimum Gasteiger partial charge on any atom is -0.444 e. The number of hydrogen-bond donors (Lipinski definition) is 7. The van der Waals surface area contributed by atoms with Crippen LogP contribution in [0.2, 0.25) is 0 Å². The lowest BCUT2D eigenvalue weighted by molar-refractivity contribution is -0.133. The van der Waals surface area contributed by atoms with Crippen molar-refractivity contribution in [2.45, 2.75) is 188 Å². The standard InChI is InChI=1S/C40H48N6O6S.C35H40N6O4S.C2H6O/c1-7-44-23-27(28-13-8-9-14-31(28)44)21-29(42-37(50)40(5,6)43-38(51)52-39(2,3)4)35(48)41-30-20-26-12-10-15-32(45-18-11-16-33(45)47)34(26)46(36(30)49)22-25-17-19-53-24-25;1-4-39-20-24(25-10-5-6-11-28(25)39)18-26(38-34(45)35(2,3)36)32(43)37-27-17-23-9-7-12-29(40-15-8-13-30(40)42)31(23)41(33(27)44)19-22-14-16-46-21-22;1-2-3/h8-10,12-15,17,19,23-24,29-30H,7,11,16,18,20-22H2,1-6H3,(H,41,48)(H,42,50)(H,43,51);5-7,9-12,14,16,20-21,26-27H,4,8,13,15,17-19,36H2,1-3H3,(H,37,43)(H,38,45);3H,2H2,1H3/t29-,30?;26-,27?;/m11./s1. The molecular weight excluding hydrogens is 1330 g/mol. The summed E-state index contributed by atoms with van der Waals surface area (Å²) in [6, 6.07) is 27.3. The lowest BCUT2D eigenvalue weighted by Crippen LogP contribution is -2.61. The Bertz CT molecular complexity index is 4390. The van der Waals surface area contributed by atoms with Gasteiger partial charge >= 0.3 is 6.09 Å². The molecule has 4 aromatic heterocycles. The highest BCUT2D eigenvalue weighted by atomic mass is 32.1. The smallest absolute Gasteiger partial charge is 0.408 e. The van der Waals surface area contributed by atoms with Crippen molar-refractivity contribution in [2.24, 2.45) is 5.73 Å². The van der Waals surface area contributed by atoms with Gasteiger partial charge in [-0.3, -0.25) is 38.4 Å². The number of aromatic nitrogens is 2. The lowest BCUT2D eigenvalue weighted by atomic mass is 9.94. The molecule has 0 aliphatic carbocycles. The number of anilines is 4. The summed E-state index contributed by atoms with van der Waals surface area (Å²) < 4.78 is 9.59. The molecule has 102 heavy (non-hydrogen) atoms. The van der Waals surface area contributed by atoms with Gasteiger partial charge in [0.15, 0.2) is 0 Å². The fourth-order valence-electron chi connectivity index (χ4n) is 13.4. The number of carbonyl (C=O) groups excluding carboxylic acids is 9. The minimum atomic E-state index is -1.45. The van der Waals surface area contributed by atoms with Gasteiger partial charge in [-0.2, -0.15) is 22.7 Å². The third-order valence-corrected chi connectivity index (χ3v) is 19.9. The first-order chi connectivity index (χ1) is 48.6. The van der Waals surface area contributed by atoms with Gasteiger partial charge in [-0.1, -0.05) is 60.7 Å². The average Bonchev–Trinajstić information content (AvgIpc) is 1.41. The topological polar surface area (TPSA) is 292 Å². The number of aliphatic hydroxyl groups is 1. The predicted octanol–water partition coefficient (Wildman–Crippen LogP) is 9.34. The monoisotopic (exact) mass is 1430 g/mol. The number of nitrogens with zero attached hydrogens (tertiary/aromatic N) is 6. The van der Waals surface area contributed by atoms with Gasteiger partial charge in [0.2, 0.25) is 47.3 Å². The molecule has 2 fully saturated rings. The van der Waals surface area contributed by atoms with Gasteiger partial charge < -0.3 is 70.9 Å². The van der Waals surface area contributed by atoms with Crippen molar-refractivity contribution in [3.63, 3.8) is 0 Å². The first-order valence-corrected chi connectivity index (χ1v) is 36.8. The molecule has 0 spiro atoms. The number of alkyl carbamates (subject to hydrolysis) is 1. The maximum absolute atomic E-state index is 14.5. The van der Waals surface area contributed by atoms with E-state index in [0.717, 1.165) is 80.3 Å². The largest absolute Gasteiger partial charge is 0.444 e. The molecular formula is C77H94N12O11S2. The maximum atomic E-state index is 14.5. The molecule has 0 saturated carbocycles. The van der Waals surface area contributed by atoms with E-state index in [4.69, 9.17) is 15.6 Å². The van der Waals surface area contributed by atoms with Crippen molar-refractivity contribution in [1.29, 1.82) is 0 Å². The molecule has 2 unspecified atom stereocenters. The summed E-state index contributed by atoms with van der Waals surface area (Å²) in [6.45, 7) is 20.7. The summed E-state index contributed by atoms with van der Waals surface area (Å²) in [4.78, 5) is 129. The Hall–Kier alpha value is -9.69. The second kappa shape index (κ2) is 32.1. The Morgan fingerprint density at radius 1 is 0.588 bits per heavy atom. The van der Waals surface area contributed by atoms with Crippen LogP contribution in [0.15, 0.2) is 131 Å². The van der Waals surface area contributed by atoms with Gasteiger partial charge in [0, 0.05) is 106 Å². The van der Waals surface area contributed by atoms with Gasteiger partial charge in [0.1, 0.15) is 35.3 Å². The van der Waals surface area contributed by atoms with Crippen molar-refractivity contribution in [1.82, 2.24) is 35.7 Å².